The molecule has 0 aliphatic carbocycles. The van der Waals surface area contributed by atoms with E-state index in [1.807, 2.05) is 0 Å². The minimum absolute atomic E-state index is 0.204. The topological polar surface area (TPSA) is 24.5 Å². The van der Waals surface area contributed by atoms with Gasteiger partial charge in [-0.15, -0.1) is 0 Å². The van der Waals surface area contributed by atoms with Crippen molar-refractivity contribution in [3.8, 4) is 0 Å². The maximum absolute atomic E-state index is 12.7. The highest BCUT2D eigenvalue weighted by atomic mass is 19.1. The second-order valence-corrected chi connectivity index (χ2v) is 4.37. The fraction of sp³-hybridized carbons (Fsp3) is 0.571. The van der Waals surface area contributed by atoms with Gasteiger partial charge < -0.3 is 10.1 Å². The molecule has 0 amide bonds. The van der Waals surface area contributed by atoms with Crippen LogP contribution < -0.4 is 5.32 Å². The number of nitrogens with zero attached hydrogens (tertiary/aromatic N) is 1. The molecule has 1 aromatic carbocycles. The van der Waals surface area contributed by atoms with Gasteiger partial charge in [0.25, 0.3) is 0 Å². The lowest BCUT2D eigenvalue weighted by atomic mass is 10.3. The summed E-state index contributed by atoms with van der Waals surface area (Å²) >= 11 is 0. The van der Waals surface area contributed by atoms with E-state index in [1.54, 1.807) is 19.2 Å². The Balaban J connectivity index is 2.32. The second-order valence-electron chi connectivity index (χ2n) is 4.37. The Kier molecular flexibility index (Phi) is 6.68. The molecule has 1 unspecified atom stereocenters. The molecule has 18 heavy (non-hydrogen) atoms. The summed E-state index contributed by atoms with van der Waals surface area (Å²) in [5.41, 5.74) is 0.951. The smallest absolute Gasteiger partial charge is 0.123 e. The maximum Gasteiger partial charge on any atom is 0.123 e. The standard InChI is InChI=1S/C14H23FN2O/c1-4-17(12(2)11-18-3)10-9-16-14-7-5-13(15)6-8-14/h5-8,12,16H,4,9-11H2,1-3H3. The summed E-state index contributed by atoms with van der Waals surface area (Å²) < 4.78 is 17.9. The summed E-state index contributed by atoms with van der Waals surface area (Å²) in [5.74, 6) is -0.204. The monoisotopic (exact) mass is 254 g/mol. The van der Waals surface area contributed by atoms with Gasteiger partial charge in [0.05, 0.1) is 6.61 Å². The summed E-state index contributed by atoms with van der Waals surface area (Å²) in [7, 11) is 1.72. The predicted octanol–water partition coefficient (Wildman–Crippen LogP) is 2.59. The number of methoxy groups -OCH3 is 1. The average Bonchev–Trinajstić information content (AvgIpc) is 2.37. The molecular weight excluding hydrogens is 231 g/mol. The van der Waals surface area contributed by atoms with E-state index in [-0.39, 0.29) is 5.82 Å². The van der Waals surface area contributed by atoms with Gasteiger partial charge in [0, 0.05) is 31.9 Å². The van der Waals surface area contributed by atoms with Crippen molar-refractivity contribution < 1.29 is 9.13 Å². The molecule has 0 radical (unpaired) electrons. The van der Waals surface area contributed by atoms with Crippen LogP contribution in [0.5, 0.6) is 0 Å². The van der Waals surface area contributed by atoms with Gasteiger partial charge in [-0.3, -0.25) is 4.90 Å². The Labute approximate surface area is 109 Å². The SMILES string of the molecule is CCN(CCNc1ccc(F)cc1)C(C)COC. The third kappa shape index (κ3) is 5.02. The van der Waals surface area contributed by atoms with Gasteiger partial charge in [0.2, 0.25) is 0 Å². The molecule has 0 spiro atoms. The van der Waals surface area contributed by atoms with Crippen LogP contribution in [0.15, 0.2) is 24.3 Å². The molecule has 1 aromatic rings. The van der Waals surface area contributed by atoms with Crippen molar-refractivity contribution >= 4 is 5.69 Å². The Morgan fingerprint density at radius 3 is 2.56 bits per heavy atom. The third-order valence-electron chi connectivity index (χ3n) is 3.01. The summed E-state index contributed by atoms with van der Waals surface area (Å²) in [6.45, 7) is 7.82. The van der Waals surface area contributed by atoms with Gasteiger partial charge in [0.15, 0.2) is 0 Å². The number of hydrogen-bond donors (Lipinski definition) is 1. The van der Waals surface area contributed by atoms with Crippen molar-refractivity contribution in [2.75, 3.05) is 38.7 Å². The average molecular weight is 254 g/mol. The highest BCUT2D eigenvalue weighted by Gasteiger charge is 2.10. The first-order chi connectivity index (χ1) is 8.67. The van der Waals surface area contributed by atoms with Crippen LogP contribution in [0.2, 0.25) is 0 Å². The third-order valence-corrected chi connectivity index (χ3v) is 3.01. The van der Waals surface area contributed by atoms with Crippen LogP contribution in [-0.4, -0.2) is 44.3 Å². The lowest BCUT2D eigenvalue weighted by molar-refractivity contribution is 0.105. The molecule has 0 saturated carbocycles. The minimum Gasteiger partial charge on any atom is -0.384 e. The van der Waals surface area contributed by atoms with Crippen LogP contribution in [0, 0.1) is 5.82 Å². The van der Waals surface area contributed by atoms with Gasteiger partial charge in [-0.2, -0.15) is 0 Å². The van der Waals surface area contributed by atoms with E-state index in [0.29, 0.717) is 6.04 Å². The van der Waals surface area contributed by atoms with Crippen LogP contribution in [-0.2, 0) is 4.74 Å². The molecule has 1 atom stereocenters. The van der Waals surface area contributed by atoms with Crippen molar-refractivity contribution in [2.45, 2.75) is 19.9 Å². The minimum atomic E-state index is -0.204. The molecule has 0 fully saturated rings. The lowest BCUT2D eigenvalue weighted by Crippen LogP contribution is -2.39. The quantitative estimate of drug-likeness (QED) is 0.771. The summed E-state index contributed by atoms with van der Waals surface area (Å²) in [6, 6.07) is 6.85. The van der Waals surface area contributed by atoms with E-state index >= 15 is 0 Å². The first-order valence-corrected chi connectivity index (χ1v) is 6.39. The van der Waals surface area contributed by atoms with Crippen molar-refractivity contribution in [3.05, 3.63) is 30.1 Å². The molecule has 0 heterocycles. The summed E-state index contributed by atoms with van der Waals surface area (Å²) in [4.78, 5) is 2.35. The molecule has 0 saturated heterocycles. The zero-order valence-electron chi connectivity index (χ0n) is 11.4. The fourth-order valence-electron chi connectivity index (χ4n) is 1.95. The van der Waals surface area contributed by atoms with Gasteiger partial charge in [-0.25, -0.2) is 4.39 Å². The van der Waals surface area contributed by atoms with Crippen molar-refractivity contribution in [1.82, 2.24) is 4.90 Å². The van der Waals surface area contributed by atoms with Crippen molar-refractivity contribution in [2.24, 2.45) is 0 Å². The van der Waals surface area contributed by atoms with Gasteiger partial charge in [0.1, 0.15) is 5.82 Å². The normalized spacial score (nSPS) is 12.7. The Morgan fingerprint density at radius 2 is 2.00 bits per heavy atom. The highest BCUT2D eigenvalue weighted by Crippen LogP contribution is 2.08. The van der Waals surface area contributed by atoms with E-state index in [4.69, 9.17) is 4.74 Å². The molecule has 0 aromatic heterocycles. The first-order valence-electron chi connectivity index (χ1n) is 6.39. The van der Waals surface area contributed by atoms with Crippen LogP contribution in [0.1, 0.15) is 13.8 Å². The van der Waals surface area contributed by atoms with E-state index in [9.17, 15) is 4.39 Å². The van der Waals surface area contributed by atoms with E-state index < -0.39 is 0 Å². The largest absolute Gasteiger partial charge is 0.384 e. The van der Waals surface area contributed by atoms with Crippen LogP contribution in [0.3, 0.4) is 0 Å². The van der Waals surface area contributed by atoms with Gasteiger partial charge in [-0.1, -0.05) is 6.92 Å². The van der Waals surface area contributed by atoms with Crippen molar-refractivity contribution in [1.29, 1.82) is 0 Å². The Bertz CT molecular complexity index is 329. The van der Waals surface area contributed by atoms with Gasteiger partial charge in [-0.05, 0) is 37.7 Å². The fourth-order valence-corrected chi connectivity index (χ4v) is 1.95. The summed E-state index contributed by atoms with van der Waals surface area (Å²) in [6.07, 6.45) is 0. The highest BCUT2D eigenvalue weighted by molar-refractivity contribution is 5.42. The van der Waals surface area contributed by atoms with Crippen LogP contribution in [0.25, 0.3) is 0 Å². The molecule has 3 nitrogen and oxygen atoms in total. The molecule has 1 rings (SSSR count). The molecular formula is C14H23FN2O. The lowest BCUT2D eigenvalue weighted by Gasteiger charge is -2.27. The van der Waals surface area contributed by atoms with E-state index in [1.165, 1.54) is 12.1 Å². The predicted molar refractivity (Wildman–Crippen MR) is 73.5 cm³/mol. The molecule has 0 aliphatic heterocycles. The number of rotatable bonds is 8. The molecule has 102 valence electrons. The number of likely N-dealkylation sites (N-methyl/N-ethyl adjacent to an activating group) is 1. The number of nitrogens with one attached hydrogen (secondary N) is 1. The van der Waals surface area contributed by atoms with Crippen LogP contribution in [0.4, 0.5) is 10.1 Å². The number of halogens is 1. The number of anilines is 1. The molecule has 4 heteroatoms. The number of ether oxygens (including phenoxy) is 1. The molecule has 1 N–H and O–H groups in total. The van der Waals surface area contributed by atoms with Crippen molar-refractivity contribution in [3.63, 3.8) is 0 Å². The van der Waals surface area contributed by atoms with E-state index in [0.717, 1.165) is 31.9 Å². The van der Waals surface area contributed by atoms with Crippen LogP contribution >= 0.6 is 0 Å². The summed E-state index contributed by atoms with van der Waals surface area (Å²) in [5, 5.41) is 3.28. The van der Waals surface area contributed by atoms with E-state index in [2.05, 4.69) is 24.1 Å². The van der Waals surface area contributed by atoms with Gasteiger partial charge >= 0.3 is 0 Å². The maximum atomic E-state index is 12.7. The Hall–Kier alpha value is -1.13. The second kappa shape index (κ2) is 8.06. The zero-order chi connectivity index (χ0) is 13.4. The number of benzene rings is 1. The number of hydrogen-bond acceptors (Lipinski definition) is 3. The zero-order valence-corrected chi connectivity index (χ0v) is 11.4. The molecule has 0 aliphatic rings. The first kappa shape index (κ1) is 14.9. The Morgan fingerprint density at radius 1 is 1.33 bits per heavy atom. The molecule has 0 bridgehead atoms.